The van der Waals surface area contributed by atoms with Crippen molar-refractivity contribution in [3.63, 3.8) is 0 Å². The molecule has 0 spiro atoms. The van der Waals surface area contributed by atoms with E-state index in [1.807, 2.05) is 13.0 Å². The first-order valence-electron chi connectivity index (χ1n) is 4.35. The van der Waals surface area contributed by atoms with Gasteiger partial charge in [0.15, 0.2) is 0 Å². The van der Waals surface area contributed by atoms with Crippen LogP contribution in [0.15, 0.2) is 23.2 Å². The van der Waals surface area contributed by atoms with E-state index in [-0.39, 0.29) is 11.9 Å². The van der Waals surface area contributed by atoms with Crippen molar-refractivity contribution in [2.24, 2.45) is 11.8 Å². The number of hydrogen-bond donors (Lipinski definition) is 0. The molecule has 2 atom stereocenters. The van der Waals surface area contributed by atoms with Crippen molar-refractivity contribution in [2.45, 2.75) is 13.3 Å². The molecule has 0 unspecified atom stereocenters. The maximum atomic E-state index is 11.2. The fraction of sp³-hybridized carbons (Fsp3) is 0.500. The smallest absolute Gasteiger partial charge is 0.309 e. The zero-order valence-corrected chi connectivity index (χ0v) is 9.21. The molecule has 1 saturated carbocycles. The standard InChI is InChI=1S/C10H13BrO2/c1-3-8(11)5-7-6-9(7)10(12)13-4-2/h3,5,7,9H,1,4,6H2,2H3/b8-5-/t7-,9-/m0/s1. The Morgan fingerprint density at radius 1 is 1.77 bits per heavy atom. The highest BCUT2D eigenvalue weighted by Crippen LogP contribution is 2.41. The first-order chi connectivity index (χ1) is 6.19. The number of carbonyl (C=O) groups excluding carboxylic acids is 1. The van der Waals surface area contributed by atoms with Gasteiger partial charge in [-0.2, -0.15) is 0 Å². The van der Waals surface area contributed by atoms with Crippen molar-refractivity contribution < 1.29 is 9.53 Å². The fourth-order valence-corrected chi connectivity index (χ4v) is 1.53. The number of hydrogen-bond acceptors (Lipinski definition) is 2. The quantitative estimate of drug-likeness (QED) is 0.562. The lowest BCUT2D eigenvalue weighted by molar-refractivity contribution is -0.144. The molecular formula is C10H13BrO2. The zero-order valence-electron chi connectivity index (χ0n) is 7.63. The Balaban J connectivity index is 2.38. The molecule has 0 aromatic heterocycles. The monoisotopic (exact) mass is 244 g/mol. The van der Waals surface area contributed by atoms with E-state index in [0.717, 1.165) is 10.9 Å². The van der Waals surface area contributed by atoms with E-state index in [0.29, 0.717) is 12.5 Å². The minimum atomic E-state index is -0.0758. The zero-order chi connectivity index (χ0) is 9.84. The molecule has 0 aliphatic heterocycles. The Bertz CT molecular complexity index is 245. The average molecular weight is 245 g/mol. The molecule has 0 aromatic carbocycles. The lowest BCUT2D eigenvalue weighted by Gasteiger charge is -1.98. The molecule has 1 rings (SSSR count). The average Bonchev–Trinajstić information content (AvgIpc) is 2.84. The van der Waals surface area contributed by atoms with Crippen LogP contribution in [0.3, 0.4) is 0 Å². The summed E-state index contributed by atoms with van der Waals surface area (Å²) in [5.74, 6) is 0.340. The van der Waals surface area contributed by atoms with Crippen LogP contribution in [0.25, 0.3) is 0 Å². The molecule has 0 aromatic rings. The van der Waals surface area contributed by atoms with Crippen LogP contribution in [0.5, 0.6) is 0 Å². The van der Waals surface area contributed by atoms with Gasteiger partial charge < -0.3 is 4.74 Å². The van der Waals surface area contributed by atoms with Gasteiger partial charge in [0, 0.05) is 4.48 Å². The molecule has 2 nitrogen and oxygen atoms in total. The van der Waals surface area contributed by atoms with E-state index in [4.69, 9.17) is 4.74 Å². The van der Waals surface area contributed by atoms with E-state index >= 15 is 0 Å². The van der Waals surface area contributed by atoms with Gasteiger partial charge in [-0.3, -0.25) is 4.79 Å². The van der Waals surface area contributed by atoms with Gasteiger partial charge in [-0.15, -0.1) is 0 Å². The Labute approximate surface area is 86.8 Å². The van der Waals surface area contributed by atoms with Crippen LogP contribution in [0.2, 0.25) is 0 Å². The van der Waals surface area contributed by atoms with Crippen LogP contribution in [0.1, 0.15) is 13.3 Å². The normalized spacial score (nSPS) is 26.8. The van der Waals surface area contributed by atoms with Gasteiger partial charge in [0.05, 0.1) is 12.5 Å². The van der Waals surface area contributed by atoms with Crippen molar-refractivity contribution in [1.82, 2.24) is 0 Å². The second-order valence-corrected chi connectivity index (χ2v) is 3.93. The van der Waals surface area contributed by atoms with Crippen molar-refractivity contribution in [2.75, 3.05) is 6.61 Å². The van der Waals surface area contributed by atoms with Gasteiger partial charge in [0.25, 0.3) is 0 Å². The molecule has 1 fully saturated rings. The Morgan fingerprint density at radius 3 is 3.00 bits per heavy atom. The molecule has 0 bridgehead atoms. The number of ether oxygens (including phenoxy) is 1. The molecule has 1 aliphatic rings. The molecule has 0 N–H and O–H groups in total. The SMILES string of the molecule is C=C/C(Br)=C/[C@H]1C[C@@H]1C(=O)OCC. The lowest BCUT2D eigenvalue weighted by Crippen LogP contribution is -2.06. The highest BCUT2D eigenvalue weighted by atomic mass is 79.9. The van der Waals surface area contributed by atoms with E-state index in [1.165, 1.54) is 0 Å². The van der Waals surface area contributed by atoms with Gasteiger partial charge in [-0.25, -0.2) is 0 Å². The highest BCUT2D eigenvalue weighted by Gasteiger charge is 2.42. The number of allylic oxidation sites excluding steroid dienone is 3. The van der Waals surface area contributed by atoms with Crippen molar-refractivity contribution in [3.05, 3.63) is 23.2 Å². The van der Waals surface area contributed by atoms with Crippen molar-refractivity contribution in [3.8, 4) is 0 Å². The van der Waals surface area contributed by atoms with Gasteiger partial charge in [0.2, 0.25) is 0 Å². The van der Waals surface area contributed by atoms with Gasteiger partial charge >= 0.3 is 5.97 Å². The van der Waals surface area contributed by atoms with Crippen LogP contribution >= 0.6 is 15.9 Å². The second kappa shape index (κ2) is 4.61. The predicted molar refractivity (Wildman–Crippen MR) is 55.4 cm³/mol. The van der Waals surface area contributed by atoms with Crippen LogP contribution in [0, 0.1) is 11.8 Å². The number of carbonyl (C=O) groups is 1. The van der Waals surface area contributed by atoms with E-state index in [9.17, 15) is 4.79 Å². The molecule has 0 amide bonds. The molecular weight excluding hydrogens is 232 g/mol. The number of rotatable bonds is 4. The van der Waals surface area contributed by atoms with Gasteiger partial charge in [-0.05, 0) is 19.3 Å². The van der Waals surface area contributed by atoms with E-state index in [2.05, 4.69) is 22.5 Å². The Kier molecular flexibility index (Phi) is 3.72. The van der Waals surface area contributed by atoms with Crippen LogP contribution in [0.4, 0.5) is 0 Å². The molecule has 1 aliphatic carbocycles. The maximum absolute atomic E-state index is 11.2. The fourth-order valence-electron chi connectivity index (χ4n) is 1.19. The molecule has 3 heteroatoms. The first kappa shape index (κ1) is 10.5. The topological polar surface area (TPSA) is 26.3 Å². The molecule has 13 heavy (non-hydrogen) atoms. The lowest BCUT2D eigenvalue weighted by atomic mass is 10.3. The summed E-state index contributed by atoms with van der Waals surface area (Å²) in [5.41, 5.74) is 0. The Morgan fingerprint density at radius 2 is 2.46 bits per heavy atom. The summed E-state index contributed by atoms with van der Waals surface area (Å²) in [4.78, 5) is 11.2. The summed E-state index contributed by atoms with van der Waals surface area (Å²) < 4.78 is 5.85. The third-order valence-electron chi connectivity index (χ3n) is 2.00. The van der Waals surface area contributed by atoms with Crippen LogP contribution in [-0.2, 0) is 9.53 Å². The first-order valence-corrected chi connectivity index (χ1v) is 5.14. The summed E-state index contributed by atoms with van der Waals surface area (Å²) in [7, 11) is 0. The van der Waals surface area contributed by atoms with Crippen LogP contribution < -0.4 is 0 Å². The van der Waals surface area contributed by atoms with Gasteiger partial charge in [0.1, 0.15) is 0 Å². The molecule has 0 radical (unpaired) electrons. The van der Waals surface area contributed by atoms with E-state index in [1.54, 1.807) is 6.08 Å². The van der Waals surface area contributed by atoms with Crippen LogP contribution in [-0.4, -0.2) is 12.6 Å². The molecule has 0 heterocycles. The molecule has 72 valence electrons. The third-order valence-corrected chi connectivity index (χ3v) is 2.59. The number of esters is 1. The summed E-state index contributed by atoms with van der Waals surface area (Å²) in [5, 5.41) is 0. The second-order valence-electron chi connectivity index (χ2n) is 3.01. The minimum Gasteiger partial charge on any atom is -0.466 e. The van der Waals surface area contributed by atoms with Gasteiger partial charge in [-0.1, -0.05) is 34.7 Å². The van der Waals surface area contributed by atoms with Crippen molar-refractivity contribution >= 4 is 21.9 Å². The van der Waals surface area contributed by atoms with E-state index < -0.39 is 0 Å². The largest absolute Gasteiger partial charge is 0.466 e. The predicted octanol–water partition coefficient (Wildman–Crippen LogP) is 2.65. The Hall–Kier alpha value is -0.570. The summed E-state index contributed by atoms with van der Waals surface area (Å²) in [6.07, 6.45) is 4.64. The summed E-state index contributed by atoms with van der Waals surface area (Å²) in [6.45, 7) is 5.91. The summed E-state index contributed by atoms with van der Waals surface area (Å²) >= 11 is 3.32. The van der Waals surface area contributed by atoms with Crippen molar-refractivity contribution in [1.29, 1.82) is 0 Å². The molecule has 0 saturated heterocycles. The number of halogens is 1. The minimum absolute atomic E-state index is 0.0758. The highest BCUT2D eigenvalue weighted by molar-refractivity contribution is 9.11. The maximum Gasteiger partial charge on any atom is 0.309 e. The summed E-state index contributed by atoms with van der Waals surface area (Å²) in [6, 6.07) is 0. The third kappa shape index (κ3) is 2.99.